The molecule has 0 bridgehead atoms. The zero-order valence-electron chi connectivity index (χ0n) is 15.0. The van der Waals surface area contributed by atoms with E-state index >= 15 is 0 Å². The number of rotatable bonds is 5. The van der Waals surface area contributed by atoms with Gasteiger partial charge in [-0.1, -0.05) is 28.1 Å². The summed E-state index contributed by atoms with van der Waals surface area (Å²) in [6, 6.07) is 8.06. The largest absolute Gasteiger partial charge is 0.357 e. The van der Waals surface area contributed by atoms with Gasteiger partial charge in [-0.15, -0.1) is 24.0 Å². The lowest BCUT2D eigenvalue weighted by Crippen LogP contribution is -2.48. The van der Waals surface area contributed by atoms with Crippen LogP contribution in [0, 0.1) is 0 Å². The SMILES string of the molecule is CCNC(=NCc1ccc(Br)cc1)N(C)CC(=O)NC(C)(C)C.I. The van der Waals surface area contributed by atoms with Gasteiger partial charge in [0.05, 0.1) is 13.1 Å². The number of nitrogens with one attached hydrogen (secondary N) is 2. The summed E-state index contributed by atoms with van der Waals surface area (Å²) < 4.78 is 1.05. The molecule has 1 aromatic carbocycles. The van der Waals surface area contributed by atoms with Crippen molar-refractivity contribution in [3.8, 4) is 0 Å². The molecule has 0 spiro atoms. The molecule has 2 N–H and O–H groups in total. The number of hydrogen-bond acceptors (Lipinski definition) is 2. The van der Waals surface area contributed by atoms with Gasteiger partial charge in [-0.25, -0.2) is 4.99 Å². The summed E-state index contributed by atoms with van der Waals surface area (Å²) in [5, 5.41) is 6.18. The lowest BCUT2D eigenvalue weighted by atomic mass is 10.1. The van der Waals surface area contributed by atoms with Gasteiger partial charge in [-0.3, -0.25) is 4.79 Å². The van der Waals surface area contributed by atoms with Crippen LogP contribution in [0.5, 0.6) is 0 Å². The molecule has 0 aliphatic heterocycles. The first-order valence-electron chi connectivity index (χ1n) is 7.76. The Bertz CT molecular complexity index is 541. The van der Waals surface area contributed by atoms with E-state index in [9.17, 15) is 4.79 Å². The minimum Gasteiger partial charge on any atom is -0.357 e. The van der Waals surface area contributed by atoms with Crippen LogP contribution in [0.25, 0.3) is 0 Å². The second kappa shape index (κ2) is 10.9. The molecule has 0 aliphatic rings. The van der Waals surface area contributed by atoms with Crippen molar-refractivity contribution < 1.29 is 4.79 Å². The van der Waals surface area contributed by atoms with Crippen LogP contribution in [0.1, 0.15) is 33.3 Å². The molecule has 0 saturated heterocycles. The zero-order valence-corrected chi connectivity index (χ0v) is 18.9. The van der Waals surface area contributed by atoms with Gasteiger partial charge >= 0.3 is 0 Å². The predicted octanol–water partition coefficient (Wildman–Crippen LogP) is 3.38. The minimum atomic E-state index is -0.231. The highest BCUT2D eigenvalue weighted by Crippen LogP contribution is 2.11. The van der Waals surface area contributed by atoms with Gasteiger partial charge in [0.2, 0.25) is 5.91 Å². The van der Waals surface area contributed by atoms with Gasteiger partial charge in [0.25, 0.3) is 0 Å². The summed E-state index contributed by atoms with van der Waals surface area (Å²) in [6.07, 6.45) is 0. The lowest BCUT2D eigenvalue weighted by molar-refractivity contribution is -0.122. The number of benzene rings is 1. The van der Waals surface area contributed by atoms with Crippen LogP contribution >= 0.6 is 39.9 Å². The first-order chi connectivity index (χ1) is 10.7. The number of amides is 1. The molecule has 0 atom stereocenters. The smallest absolute Gasteiger partial charge is 0.240 e. The van der Waals surface area contributed by atoms with Gasteiger partial charge in [0.15, 0.2) is 5.96 Å². The molecule has 0 aromatic heterocycles. The first kappa shape index (κ1) is 23.2. The van der Waals surface area contributed by atoms with Crippen molar-refractivity contribution in [3.63, 3.8) is 0 Å². The molecular weight excluding hydrogens is 483 g/mol. The van der Waals surface area contributed by atoms with E-state index in [1.54, 1.807) is 0 Å². The third kappa shape index (κ3) is 9.46. The Morgan fingerprint density at radius 1 is 1.25 bits per heavy atom. The van der Waals surface area contributed by atoms with Gasteiger partial charge < -0.3 is 15.5 Å². The summed E-state index contributed by atoms with van der Waals surface area (Å²) >= 11 is 3.42. The summed E-state index contributed by atoms with van der Waals surface area (Å²) in [7, 11) is 1.87. The van der Waals surface area contributed by atoms with Gasteiger partial charge in [0.1, 0.15) is 0 Å². The van der Waals surface area contributed by atoms with E-state index in [0.29, 0.717) is 6.54 Å². The highest BCUT2D eigenvalue weighted by Gasteiger charge is 2.16. The Labute approximate surface area is 170 Å². The van der Waals surface area contributed by atoms with Crippen molar-refractivity contribution in [1.29, 1.82) is 0 Å². The average Bonchev–Trinajstić information content (AvgIpc) is 2.42. The highest BCUT2D eigenvalue weighted by atomic mass is 127. The molecule has 7 heteroatoms. The Balaban J connectivity index is 0.00000529. The van der Waals surface area contributed by atoms with Crippen molar-refractivity contribution in [2.75, 3.05) is 20.1 Å². The van der Waals surface area contributed by atoms with Crippen LogP contribution in [0.3, 0.4) is 0 Å². The number of likely N-dealkylation sites (N-methyl/N-ethyl adjacent to an activating group) is 1. The molecule has 5 nitrogen and oxygen atoms in total. The maximum absolute atomic E-state index is 12.0. The Morgan fingerprint density at radius 3 is 2.33 bits per heavy atom. The molecule has 1 aromatic rings. The van der Waals surface area contributed by atoms with Gasteiger partial charge in [-0.05, 0) is 45.4 Å². The van der Waals surface area contributed by atoms with Crippen LogP contribution in [0.15, 0.2) is 33.7 Å². The van der Waals surface area contributed by atoms with E-state index in [4.69, 9.17) is 0 Å². The third-order valence-corrected chi connectivity index (χ3v) is 3.44. The van der Waals surface area contributed by atoms with E-state index in [1.165, 1.54) is 0 Å². The van der Waals surface area contributed by atoms with Crippen LogP contribution in [-0.4, -0.2) is 42.4 Å². The first-order valence-corrected chi connectivity index (χ1v) is 8.55. The molecule has 0 radical (unpaired) electrons. The van der Waals surface area contributed by atoms with Crippen molar-refractivity contribution in [2.24, 2.45) is 4.99 Å². The second-order valence-corrected chi connectivity index (χ2v) is 7.37. The molecule has 0 heterocycles. The minimum absolute atomic E-state index is 0. The maximum atomic E-state index is 12.0. The second-order valence-electron chi connectivity index (χ2n) is 6.45. The third-order valence-electron chi connectivity index (χ3n) is 2.92. The number of nitrogens with zero attached hydrogens (tertiary/aromatic N) is 2. The number of carbonyl (C=O) groups excluding carboxylic acids is 1. The van der Waals surface area contributed by atoms with E-state index in [1.807, 2.05) is 63.9 Å². The van der Waals surface area contributed by atoms with Crippen molar-refractivity contribution in [2.45, 2.75) is 39.8 Å². The molecule has 0 aliphatic carbocycles. The van der Waals surface area contributed by atoms with Crippen molar-refractivity contribution >= 4 is 51.8 Å². The quantitative estimate of drug-likeness (QED) is 0.362. The molecular formula is C17H28BrIN4O. The topological polar surface area (TPSA) is 56.7 Å². The molecule has 0 unspecified atom stereocenters. The number of carbonyl (C=O) groups is 1. The van der Waals surface area contributed by atoms with Crippen LogP contribution in [0.4, 0.5) is 0 Å². The number of aliphatic imine (C=N–C) groups is 1. The van der Waals surface area contributed by atoms with Crippen molar-refractivity contribution in [1.82, 2.24) is 15.5 Å². The monoisotopic (exact) mass is 510 g/mol. The van der Waals surface area contributed by atoms with Gasteiger partial charge in [0, 0.05) is 23.6 Å². The molecule has 1 amide bonds. The summed E-state index contributed by atoms with van der Waals surface area (Å²) in [5.74, 6) is 0.703. The average molecular weight is 511 g/mol. The normalized spacial score (nSPS) is 11.5. The molecule has 24 heavy (non-hydrogen) atoms. The zero-order chi connectivity index (χ0) is 17.5. The fraction of sp³-hybridized carbons (Fsp3) is 0.529. The standard InChI is InChI=1S/C17H27BrN4O.HI/c1-6-19-16(20-11-13-7-9-14(18)10-8-13)22(5)12-15(23)21-17(2,3)4;/h7-10H,6,11-12H2,1-5H3,(H,19,20)(H,21,23);1H. The van der Waals surface area contributed by atoms with Gasteiger partial charge in [-0.2, -0.15) is 0 Å². The maximum Gasteiger partial charge on any atom is 0.240 e. The number of guanidine groups is 1. The van der Waals surface area contributed by atoms with Crippen molar-refractivity contribution in [3.05, 3.63) is 34.3 Å². The highest BCUT2D eigenvalue weighted by molar-refractivity contribution is 14.0. The molecule has 0 fully saturated rings. The fourth-order valence-electron chi connectivity index (χ4n) is 1.97. The molecule has 136 valence electrons. The van der Waals surface area contributed by atoms with E-state index in [0.717, 1.165) is 22.5 Å². The Hall–Kier alpha value is -0.830. The Kier molecular flexibility index (Phi) is 10.5. The van der Waals surface area contributed by atoms with Crippen LogP contribution in [-0.2, 0) is 11.3 Å². The number of hydrogen-bond donors (Lipinski definition) is 2. The molecule has 1 rings (SSSR count). The summed E-state index contributed by atoms with van der Waals surface area (Å²) in [4.78, 5) is 18.5. The Morgan fingerprint density at radius 2 is 1.83 bits per heavy atom. The van der Waals surface area contributed by atoms with E-state index in [2.05, 4.69) is 31.6 Å². The predicted molar refractivity (Wildman–Crippen MR) is 115 cm³/mol. The van der Waals surface area contributed by atoms with E-state index < -0.39 is 0 Å². The van der Waals surface area contributed by atoms with E-state index in [-0.39, 0.29) is 42.0 Å². The molecule has 0 saturated carbocycles. The number of halogens is 2. The summed E-state index contributed by atoms with van der Waals surface area (Å²) in [5.41, 5.74) is 0.890. The fourth-order valence-corrected chi connectivity index (χ4v) is 2.24. The van der Waals surface area contributed by atoms with Crippen LogP contribution in [0.2, 0.25) is 0 Å². The lowest BCUT2D eigenvalue weighted by Gasteiger charge is -2.25. The summed E-state index contributed by atoms with van der Waals surface area (Å²) in [6.45, 7) is 9.51. The van der Waals surface area contributed by atoms with Crippen LogP contribution < -0.4 is 10.6 Å².